The van der Waals surface area contributed by atoms with E-state index in [-0.39, 0.29) is 41.4 Å². The molecule has 25 heavy (non-hydrogen) atoms. The zero-order valence-electron chi connectivity index (χ0n) is 14.2. The topological polar surface area (TPSA) is 105 Å². The van der Waals surface area contributed by atoms with Crippen LogP contribution in [-0.4, -0.2) is 57.4 Å². The predicted octanol–water partition coefficient (Wildman–Crippen LogP) is 0.200. The van der Waals surface area contributed by atoms with Crippen molar-refractivity contribution in [3.8, 4) is 0 Å². The minimum atomic E-state index is -0.809. The van der Waals surface area contributed by atoms with Gasteiger partial charge >= 0.3 is 0 Å². The average molecular weight is 365 g/mol. The van der Waals surface area contributed by atoms with E-state index in [4.69, 9.17) is 15.6 Å². The van der Waals surface area contributed by atoms with E-state index in [1.165, 1.54) is 0 Å². The number of carbonyl (C=O) groups excluding carboxylic acids is 2. The number of hydrogen-bond donors (Lipinski definition) is 3. The molecule has 0 aromatic heterocycles. The van der Waals surface area contributed by atoms with Crippen molar-refractivity contribution in [2.75, 3.05) is 13.4 Å². The maximum absolute atomic E-state index is 12.5. The Hall–Kier alpha value is -1.61. The Morgan fingerprint density at radius 1 is 1.44 bits per heavy atom. The van der Waals surface area contributed by atoms with Crippen molar-refractivity contribution in [1.82, 2.24) is 10.2 Å². The number of thioether (sulfide) groups is 1. The van der Waals surface area contributed by atoms with E-state index in [1.807, 2.05) is 32.0 Å². The third-order valence-corrected chi connectivity index (χ3v) is 6.37. The van der Waals surface area contributed by atoms with Crippen LogP contribution in [0.25, 0.3) is 0 Å². The van der Waals surface area contributed by atoms with Gasteiger partial charge in [-0.25, -0.2) is 0 Å². The van der Waals surface area contributed by atoms with Crippen LogP contribution in [0.3, 0.4) is 0 Å². The van der Waals surface area contributed by atoms with Crippen LogP contribution in [0.5, 0.6) is 0 Å². The second-order valence-electron chi connectivity index (χ2n) is 6.75. The van der Waals surface area contributed by atoms with Crippen molar-refractivity contribution in [3.05, 3.63) is 35.9 Å². The van der Waals surface area contributed by atoms with Crippen LogP contribution in [0, 0.1) is 0 Å². The smallest absolute Gasteiger partial charge is 0.249 e. The number of ether oxygens (including phenoxy) is 1. The minimum absolute atomic E-state index is 0.136. The Kier molecular flexibility index (Phi) is 5.06. The fourth-order valence-electron chi connectivity index (χ4n) is 3.30. The van der Waals surface area contributed by atoms with Gasteiger partial charge in [-0.05, 0) is 19.4 Å². The molecular weight excluding hydrogens is 342 g/mol. The van der Waals surface area contributed by atoms with E-state index < -0.39 is 12.1 Å². The number of nitrogens with two attached hydrogens (primary N) is 1. The molecule has 0 radical (unpaired) electrons. The first-order valence-corrected chi connectivity index (χ1v) is 9.04. The Morgan fingerprint density at radius 3 is 2.76 bits per heavy atom. The molecule has 0 spiro atoms. The summed E-state index contributed by atoms with van der Waals surface area (Å²) in [5, 5.41) is 11.5. The Balaban J connectivity index is 1.66. The number of rotatable bonds is 6. The van der Waals surface area contributed by atoms with Crippen LogP contribution in [0.4, 0.5) is 0 Å². The fraction of sp³-hybridized carbons (Fsp3) is 0.529. The van der Waals surface area contributed by atoms with Crippen LogP contribution in [0.2, 0.25) is 0 Å². The molecule has 0 aliphatic carbocycles. The molecule has 2 saturated heterocycles. The van der Waals surface area contributed by atoms with Crippen LogP contribution >= 0.6 is 11.8 Å². The maximum Gasteiger partial charge on any atom is 0.249 e. The molecule has 4 atom stereocenters. The van der Waals surface area contributed by atoms with E-state index in [0.29, 0.717) is 5.56 Å². The number of hydrogen-bond acceptors (Lipinski definition) is 6. The predicted molar refractivity (Wildman–Crippen MR) is 94.4 cm³/mol. The van der Waals surface area contributed by atoms with Gasteiger partial charge in [-0.3, -0.25) is 9.59 Å². The number of fused-ring (bicyclic) bond motifs is 1. The minimum Gasteiger partial charge on any atom is -0.371 e. The molecule has 1 aromatic carbocycles. The zero-order chi connectivity index (χ0) is 18.2. The summed E-state index contributed by atoms with van der Waals surface area (Å²) in [6.07, 6.45) is 0. The van der Waals surface area contributed by atoms with Gasteiger partial charge in [0.2, 0.25) is 11.8 Å². The summed E-state index contributed by atoms with van der Waals surface area (Å²) in [4.78, 5) is 26.7. The summed E-state index contributed by atoms with van der Waals surface area (Å²) >= 11 is 1.63. The van der Waals surface area contributed by atoms with E-state index in [0.717, 1.165) is 0 Å². The molecule has 136 valence electrons. The van der Waals surface area contributed by atoms with Gasteiger partial charge in [0.25, 0.3) is 0 Å². The van der Waals surface area contributed by atoms with Gasteiger partial charge in [-0.15, -0.1) is 11.8 Å². The highest BCUT2D eigenvalue weighted by Gasteiger charge is 2.61. The van der Waals surface area contributed by atoms with Gasteiger partial charge in [-0.1, -0.05) is 30.3 Å². The van der Waals surface area contributed by atoms with Crippen molar-refractivity contribution < 1.29 is 19.4 Å². The Labute approximate surface area is 150 Å². The number of nitrogens with zero attached hydrogens (tertiary/aromatic N) is 1. The van der Waals surface area contributed by atoms with E-state index >= 15 is 0 Å². The highest BCUT2D eigenvalue weighted by molar-refractivity contribution is 8.01. The summed E-state index contributed by atoms with van der Waals surface area (Å²) in [6, 6.07) is 7.54. The van der Waals surface area contributed by atoms with Gasteiger partial charge in [0.1, 0.15) is 24.3 Å². The van der Waals surface area contributed by atoms with Gasteiger partial charge in [-0.2, -0.15) is 0 Å². The Morgan fingerprint density at radius 2 is 2.12 bits per heavy atom. The lowest BCUT2D eigenvalue weighted by Crippen LogP contribution is -2.70. The van der Waals surface area contributed by atoms with E-state index in [1.54, 1.807) is 28.8 Å². The fourth-order valence-corrected chi connectivity index (χ4v) is 4.95. The van der Waals surface area contributed by atoms with Gasteiger partial charge < -0.3 is 25.8 Å². The monoisotopic (exact) mass is 365 g/mol. The molecule has 4 N–H and O–H groups in total. The second-order valence-corrected chi connectivity index (χ2v) is 8.52. The number of amides is 2. The molecular formula is C17H23N3O4S. The number of aliphatic hydroxyl groups is 1. The number of β-lactam (4-membered cyclic amide) rings is 1. The number of nitrogens with one attached hydrogen (secondary N) is 1. The molecule has 2 amide bonds. The van der Waals surface area contributed by atoms with Crippen LogP contribution in [0.15, 0.2) is 30.3 Å². The maximum atomic E-state index is 12.5. The van der Waals surface area contributed by atoms with Crippen LogP contribution < -0.4 is 11.1 Å². The molecule has 2 aliphatic rings. The van der Waals surface area contributed by atoms with E-state index in [2.05, 4.69) is 5.32 Å². The van der Waals surface area contributed by atoms with Gasteiger partial charge in [0.05, 0.1) is 12.6 Å². The quantitative estimate of drug-likeness (QED) is 0.491. The first-order valence-electron chi connectivity index (χ1n) is 8.16. The van der Waals surface area contributed by atoms with Gasteiger partial charge in [0, 0.05) is 4.75 Å². The summed E-state index contributed by atoms with van der Waals surface area (Å²) in [7, 11) is 0. The second kappa shape index (κ2) is 6.95. The number of benzene rings is 1. The first-order chi connectivity index (χ1) is 11.9. The lowest BCUT2D eigenvalue weighted by molar-refractivity contribution is -0.154. The summed E-state index contributed by atoms with van der Waals surface area (Å²) in [5.41, 5.74) is 6.71. The average Bonchev–Trinajstić information content (AvgIpc) is 2.85. The van der Waals surface area contributed by atoms with Crippen molar-refractivity contribution in [2.24, 2.45) is 5.73 Å². The lowest BCUT2D eigenvalue weighted by atomic mass is 9.96. The van der Waals surface area contributed by atoms with Crippen molar-refractivity contribution in [1.29, 1.82) is 0 Å². The third kappa shape index (κ3) is 3.27. The van der Waals surface area contributed by atoms with E-state index in [9.17, 15) is 9.59 Å². The normalized spacial score (nSPS) is 28.2. The third-order valence-electron chi connectivity index (χ3n) is 4.75. The molecule has 0 saturated carbocycles. The Bertz CT molecular complexity index is 655. The summed E-state index contributed by atoms with van der Waals surface area (Å²) < 4.78 is 4.88. The zero-order valence-corrected chi connectivity index (χ0v) is 15.0. The molecule has 8 heteroatoms. The molecule has 3 rings (SSSR count). The number of carbonyl (C=O) groups is 2. The highest BCUT2D eigenvalue weighted by atomic mass is 32.2. The van der Waals surface area contributed by atoms with Crippen LogP contribution in [0.1, 0.15) is 25.5 Å². The van der Waals surface area contributed by atoms with Crippen molar-refractivity contribution in [2.45, 2.75) is 42.1 Å². The van der Waals surface area contributed by atoms with Crippen molar-refractivity contribution in [3.63, 3.8) is 0 Å². The summed E-state index contributed by atoms with van der Waals surface area (Å²) in [6.45, 7) is 3.95. The first kappa shape index (κ1) is 18.2. The van der Waals surface area contributed by atoms with Crippen molar-refractivity contribution >= 4 is 23.6 Å². The molecule has 2 aliphatic heterocycles. The molecule has 0 bridgehead atoms. The molecule has 1 aromatic rings. The summed E-state index contributed by atoms with van der Waals surface area (Å²) in [5.74, 6) is -0.499. The molecule has 2 heterocycles. The molecule has 0 unspecified atom stereocenters. The lowest BCUT2D eigenvalue weighted by Gasteiger charge is -2.45. The number of aliphatic hydroxyl groups excluding tert-OH is 1. The van der Waals surface area contributed by atoms with Crippen LogP contribution in [-0.2, 0) is 14.3 Å². The molecule has 7 nitrogen and oxygen atoms in total. The standard InChI is InChI=1S/C17H23N3O4S/c1-17(2)11(8-24-9-21)20-15(23)13(16(20)25-17)19-14(22)12(18)10-6-4-3-5-7-10/h3-7,11-13,16,21H,8-9,18H2,1-2H3,(H,19,22)/t11-,12+,13+,16+/m0/s1. The highest BCUT2D eigenvalue weighted by Crippen LogP contribution is 2.50. The SMILES string of the molecule is CC1(C)S[C@@H]2[C@H](NC(=O)[C@H](N)c3ccccc3)C(=O)N2[C@H]1COCO. The largest absolute Gasteiger partial charge is 0.371 e. The van der Waals surface area contributed by atoms with Gasteiger partial charge in [0.15, 0.2) is 0 Å². The molecule has 2 fully saturated rings.